The van der Waals surface area contributed by atoms with Crippen molar-refractivity contribution in [3.63, 3.8) is 0 Å². The van der Waals surface area contributed by atoms with Gasteiger partial charge in [-0.2, -0.15) is 18.0 Å². The van der Waals surface area contributed by atoms with Gasteiger partial charge in [0.2, 0.25) is 0 Å². The molecular formula is C15H21N3O2S. The van der Waals surface area contributed by atoms with Crippen LogP contribution in [0.3, 0.4) is 0 Å². The van der Waals surface area contributed by atoms with Crippen molar-refractivity contribution in [2.24, 2.45) is 0 Å². The number of piperidine rings is 1. The van der Waals surface area contributed by atoms with Crippen molar-refractivity contribution in [3.8, 4) is 6.07 Å². The molecule has 6 heteroatoms. The van der Waals surface area contributed by atoms with Crippen LogP contribution in [-0.2, 0) is 10.2 Å². The third-order valence-electron chi connectivity index (χ3n) is 3.67. The van der Waals surface area contributed by atoms with Crippen LogP contribution in [-0.4, -0.2) is 32.4 Å². The molecule has 1 aliphatic rings. The Morgan fingerprint density at radius 2 is 1.81 bits per heavy atom. The third-order valence-corrected chi connectivity index (χ3v) is 5.64. The van der Waals surface area contributed by atoms with E-state index in [4.69, 9.17) is 5.26 Å². The largest absolute Gasteiger partial charge is 0.304 e. The van der Waals surface area contributed by atoms with E-state index < -0.39 is 10.2 Å². The van der Waals surface area contributed by atoms with Gasteiger partial charge < -0.3 is 0 Å². The Balaban J connectivity index is 2.30. The highest BCUT2D eigenvalue weighted by molar-refractivity contribution is 7.90. The lowest BCUT2D eigenvalue weighted by Gasteiger charge is -2.33. The normalized spacial score (nSPS) is 16.4. The lowest BCUT2D eigenvalue weighted by Crippen LogP contribution is -2.46. The molecule has 0 aromatic heterocycles. The zero-order valence-electron chi connectivity index (χ0n) is 12.3. The number of benzene rings is 1. The van der Waals surface area contributed by atoms with E-state index in [1.165, 1.54) is 8.61 Å². The molecule has 1 fully saturated rings. The van der Waals surface area contributed by atoms with Gasteiger partial charge in [0.1, 0.15) is 0 Å². The van der Waals surface area contributed by atoms with E-state index in [0.29, 0.717) is 18.8 Å². The summed E-state index contributed by atoms with van der Waals surface area (Å²) >= 11 is 0. The Labute approximate surface area is 127 Å². The van der Waals surface area contributed by atoms with Crippen LogP contribution in [0.2, 0.25) is 0 Å². The first-order chi connectivity index (χ1) is 10.1. The van der Waals surface area contributed by atoms with Crippen molar-refractivity contribution in [1.29, 1.82) is 5.26 Å². The van der Waals surface area contributed by atoms with Gasteiger partial charge in [0, 0.05) is 19.6 Å². The molecule has 21 heavy (non-hydrogen) atoms. The Morgan fingerprint density at radius 1 is 1.19 bits per heavy atom. The van der Waals surface area contributed by atoms with Gasteiger partial charge in [-0.25, -0.2) is 0 Å². The fourth-order valence-electron chi connectivity index (χ4n) is 2.48. The molecule has 0 saturated carbocycles. The fraction of sp³-hybridized carbons (Fsp3) is 0.533. The van der Waals surface area contributed by atoms with Gasteiger partial charge >= 0.3 is 10.2 Å². The van der Waals surface area contributed by atoms with Gasteiger partial charge in [0.05, 0.1) is 18.2 Å². The number of aryl methyl sites for hydroxylation is 1. The minimum atomic E-state index is -3.55. The van der Waals surface area contributed by atoms with E-state index >= 15 is 0 Å². The summed E-state index contributed by atoms with van der Waals surface area (Å²) < 4.78 is 28.5. The zero-order chi connectivity index (χ0) is 15.3. The predicted octanol–water partition coefficient (Wildman–Crippen LogP) is 2.45. The van der Waals surface area contributed by atoms with Crippen molar-refractivity contribution in [3.05, 3.63) is 29.8 Å². The highest BCUT2D eigenvalue weighted by Crippen LogP contribution is 2.23. The van der Waals surface area contributed by atoms with Crippen LogP contribution in [0.4, 0.5) is 5.69 Å². The van der Waals surface area contributed by atoms with E-state index in [1.807, 2.05) is 25.1 Å². The van der Waals surface area contributed by atoms with Gasteiger partial charge in [0.15, 0.2) is 0 Å². The first-order valence-corrected chi connectivity index (χ1v) is 8.67. The van der Waals surface area contributed by atoms with E-state index in [1.54, 1.807) is 12.1 Å². The molecule has 0 unspecified atom stereocenters. The van der Waals surface area contributed by atoms with Crippen molar-refractivity contribution < 1.29 is 8.42 Å². The molecule has 1 aromatic rings. The van der Waals surface area contributed by atoms with E-state index in [-0.39, 0.29) is 13.0 Å². The first kappa shape index (κ1) is 15.8. The minimum absolute atomic E-state index is 0.181. The maximum absolute atomic E-state index is 12.8. The van der Waals surface area contributed by atoms with Gasteiger partial charge in [-0.15, -0.1) is 0 Å². The van der Waals surface area contributed by atoms with E-state index in [9.17, 15) is 8.42 Å². The SMILES string of the molecule is Cc1ccc(N(CCC#N)S(=O)(=O)N2CCCCC2)cc1. The van der Waals surface area contributed by atoms with Crippen LogP contribution >= 0.6 is 0 Å². The Kier molecular flexibility index (Phi) is 5.21. The second kappa shape index (κ2) is 6.92. The summed E-state index contributed by atoms with van der Waals surface area (Å²) in [5, 5.41) is 8.80. The molecule has 1 aromatic carbocycles. The number of hydrogen-bond acceptors (Lipinski definition) is 3. The van der Waals surface area contributed by atoms with Crippen LogP contribution < -0.4 is 4.31 Å². The third kappa shape index (κ3) is 3.74. The quantitative estimate of drug-likeness (QED) is 0.839. The molecule has 0 atom stereocenters. The molecule has 1 heterocycles. The maximum Gasteiger partial charge on any atom is 0.304 e. The van der Waals surface area contributed by atoms with Gasteiger partial charge in [0.25, 0.3) is 0 Å². The summed E-state index contributed by atoms with van der Waals surface area (Å²) in [6.45, 7) is 3.29. The van der Waals surface area contributed by atoms with E-state index in [0.717, 1.165) is 24.8 Å². The smallest absolute Gasteiger partial charge is 0.257 e. The molecule has 2 rings (SSSR count). The molecule has 0 amide bonds. The molecule has 5 nitrogen and oxygen atoms in total. The topological polar surface area (TPSA) is 64.4 Å². The molecule has 1 saturated heterocycles. The number of hydrogen-bond donors (Lipinski definition) is 0. The van der Waals surface area contributed by atoms with Gasteiger partial charge in [-0.1, -0.05) is 24.1 Å². The summed E-state index contributed by atoms with van der Waals surface area (Å²) in [6, 6.07) is 9.41. The van der Waals surface area contributed by atoms with Crippen LogP contribution in [0.15, 0.2) is 24.3 Å². The van der Waals surface area contributed by atoms with Crippen LogP contribution in [0.5, 0.6) is 0 Å². The number of nitrogens with zero attached hydrogens (tertiary/aromatic N) is 3. The Bertz CT molecular complexity index is 599. The number of anilines is 1. The number of nitriles is 1. The summed E-state index contributed by atoms with van der Waals surface area (Å²) in [5.74, 6) is 0. The van der Waals surface area contributed by atoms with Crippen molar-refractivity contribution in [2.75, 3.05) is 23.9 Å². The predicted molar refractivity (Wildman–Crippen MR) is 83.1 cm³/mol. The lowest BCUT2D eigenvalue weighted by atomic mass is 10.2. The average Bonchev–Trinajstić information content (AvgIpc) is 2.50. The molecular weight excluding hydrogens is 286 g/mol. The Morgan fingerprint density at radius 3 is 2.38 bits per heavy atom. The monoisotopic (exact) mass is 307 g/mol. The molecule has 0 bridgehead atoms. The first-order valence-electron chi connectivity index (χ1n) is 7.27. The molecule has 0 aliphatic carbocycles. The number of rotatable bonds is 5. The van der Waals surface area contributed by atoms with Crippen LogP contribution in [0.1, 0.15) is 31.2 Å². The molecule has 1 aliphatic heterocycles. The molecule has 0 N–H and O–H groups in total. The van der Waals surface area contributed by atoms with Crippen molar-refractivity contribution in [2.45, 2.75) is 32.6 Å². The lowest BCUT2D eigenvalue weighted by molar-refractivity contribution is 0.345. The fourth-order valence-corrected chi connectivity index (χ4v) is 4.18. The Hall–Kier alpha value is -1.58. The molecule has 0 spiro atoms. The van der Waals surface area contributed by atoms with Crippen molar-refractivity contribution >= 4 is 15.9 Å². The van der Waals surface area contributed by atoms with E-state index in [2.05, 4.69) is 0 Å². The van der Waals surface area contributed by atoms with Crippen LogP contribution in [0, 0.1) is 18.3 Å². The molecule has 114 valence electrons. The van der Waals surface area contributed by atoms with Crippen LogP contribution in [0.25, 0.3) is 0 Å². The van der Waals surface area contributed by atoms with Gasteiger partial charge in [-0.05, 0) is 31.9 Å². The highest BCUT2D eigenvalue weighted by Gasteiger charge is 2.30. The highest BCUT2D eigenvalue weighted by atomic mass is 32.2. The van der Waals surface area contributed by atoms with Gasteiger partial charge in [-0.3, -0.25) is 4.31 Å². The summed E-state index contributed by atoms with van der Waals surface area (Å²) in [5.41, 5.74) is 1.70. The van der Waals surface area contributed by atoms with Crippen molar-refractivity contribution in [1.82, 2.24) is 4.31 Å². The second-order valence-electron chi connectivity index (χ2n) is 5.28. The standard InChI is InChI=1S/C15H21N3O2S/c1-14-6-8-15(9-7-14)18(13-5-10-16)21(19,20)17-11-3-2-4-12-17/h6-9H,2-5,11-13H2,1H3. The zero-order valence-corrected chi connectivity index (χ0v) is 13.1. The second-order valence-corrected chi connectivity index (χ2v) is 7.14. The summed E-state index contributed by atoms with van der Waals surface area (Å²) in [4.78, 5) is 0. The molecule has 0 radical (unpaired) electrons. The minimum Gasteiger partial charge on any atom is -0.257 e. The summed E-state index contributed by atoms with van der Waals surface area (Å²) in [7, 11) is -3.55. The average molecular weight is 307 g/mol. The maximum atomic E-state index is 12.8. The summed E-state index contributed by atoms with van der Waals surface area (Å²) in [6.07, 6.45) is 3.06.